The van der Waals surface area contributed by atoms with Crippen molar-refractivity contribution in [3.05, 3.63) is 35.9 Å². The van der Waals surface area contributed by atoms with E-state index in [1.54, 1.807) is 0 Å². The van der Waals surface area contributed by atoms with Gasteiger partial charge in [-0.25, -0.2) is 0 Å². The molecule has 0 amide bonds. The van der Waals surface area contributed by atoms with Crippen molar-refractivity contribution in [2.45, 2.75) is 6.54 Å². The summed E-state index contributed by atoms with van der Waals surface area (Å²) in [6.45, 7) is 5.83. The summed E-state index contributed by atoms with van der Waals surface area (Å²) in [6, 6.07) is 11.4. The molecule has 16 heavy (non-hydrogen) atoms. The van der Waals surface area contributed by atoms with Crippen molar-refractivity contribution in [3.8, 4) is 0 Å². The van der Waals surface area contributed by atoms with Gasteiger partial charge in [0, 0.05) is 26.2 Å². The van der Waals surface area contributed by atoms with E-state index in [0.29, 0.717) is 0 Å². The SMILES string of the molecule is CN1CCN(Cc2c[c-]ccc2)CC1.[Zn+][Br]. The fourth-order valence-electron chi connectivity index (χ4n) is 1.79. The standard InChI is InChI=1S/C12H17N2.BrH.Zn/c1-13-7-9-14(10-8-13)11-12-5-3-2-4-6-12;;/h2-3,5-6H,7-11H2,1H3;1H;/q-1;;+2/p-1. The van der Waals surface area contributed by atoms with Crippen molar-refractivity contribution in [1.29, 1.82) is 0 Å². The summed E-state index contributed by atoms with van der Waals surface area (Å²) in [5.41, 5.74) is 1.37. The van der Waals surface area contributed by atoms with Gasteiger partial charge in [-0.1, -0.05) is 0 Å². The third-order valence-corrected chi connectivity index (χ3v) is 2.77. The molecule has 1 aromatic rings. The van der Waals surface area contributed by atoms with Crippen molar-refractivity contribution in [2.24, 2.45) is 0 Å². The Kier molecular flexibility index (Phi) is 7.47. The molecule has 1 aliphatic rings. The van der Waals surface area contributed by atoms with E-state index in [1.165, 1.54) is 48.1 Å². The molecule has 4 heteroatoms. The Morgan fingerprint density at radius 3 is 2.56 bits per heavy atom. The van der Waals surface area contributed by atoms with Crippen molar-refractivity contribution in [3.63, 3.8) is 0 Å². The molecule has 0 aliphatic carbocycles. The molecule has 0 spiro atoms. The molecule has 0 bridgehead atoms. The zero-order valence-electron chi connectivity index (χ0n) is 9.82. The van der Waals surface area contributed by atoms with Gasteiger partial charge in [-0.15, -0.1) is 5.56 Å². The van der Waals surface area contributed by atoms with Crippen molar-refractivity contribution >= 4 is 13.6 Å². The van der Waals surface area contributed by atoms with Gasteiger partial charge >= 0.3 is 30.0 Å². The predicted octanol–water partition coefficient (Wildman–Crippen LogP) is 2.08. The predicted molar refractivity (Wildman–Crippen MR) is 67.0 cm³/mol. The van der Waals surface area contributed by atoms with Crippen LogP contribution in [0.15, 0.2) is 24.3 Å². The fourth-order valence-corrected chi connectivity index (χ4v) is 1.79. The zero-order valence-corrected chi connectivity index (χ0v) is 14.4. The number of likely N-dealkylation sites (N-methyl/N-ethyl adjacent to an activating group) is 1. The third-order valence-electron chi connectivity index (χ3n) is 2.77. The van der Waals surface area contributed by atoms with E-state index in [4.69, 9.17) is 0 Å². The van der Waals surface area contributed by atoms with Gasteiger partial charge < -0.3 is 9.80 Å². The number of piperazine rings is 1. The summed E-state index contributed by atoms with van der Waals surface area (Å²) in [5.74, 6) is 0. The van der Waals surface area contributed by atoms with Crippen LogP contribution in [0.5, 0.6) is 0 Å². The van der Waals surface area contributed by atoms with Crippen molar-refractivity contribution < 1.29 is 16.3 Å². The molecule has 0 saturated carbocycles. The molecule has 0 aromatic heterocycles. The van der Waals surface area contributed by atoms with Crippen molar-refractivity contribution in [1.82, 2.24) is 9.80 Å². The fraction of sp³-hybridized carbons (Fsp3) is 0.500. The van der Waals surface area contributed by atoms with Gasteiger partial charge in [-0.05, 0) is 13.6 Å². The number of nitrogens with zero attached hydrogens (tertiary/aromatic N) is 2. The molecule has 1 saturated heterocycles. The molecule has 84 valence electrons. The summed E-state index contributed by atoms with van der Waals surface area (Å²) in [7, 11) is 2.19. The zero-order chi connectivity index (χ0) is 11.8. The van der Waals surface area contributed by atoms with Gasteiger partial charge in [0.05, 0.1) is 0 Å². The second-order valence-electron chi connectivity index (χ2n) is 3.99. The second-order valence-corrected chi connectivity index (χ2v) is 3.99. The third kappa shape index (κ3) is 5.05. The van der Waals surface area contributed by atoms with Crippen LogP contribution in [0.1, 0.15) is 5.56 Å². The minimum absolute atomic E-state index is 1.07. The van der Waals surface area contributed by atoms with Gasteiger partial charge in [0.15, 0.2) is 0 Å². The van der Waals surface area contributed by atoms with Gasteiger partial charge in [0.1, 0.15) is 0 Å². The van der Waals surface area contributed by atoms with Crippen LogP contribution in [-0.2, 0) is 22.9 Å². The monoisotopic (exact) mass is 332 g/mol. The Labute approximate surface area is 115 Å². The summed E-state index contributed by atoms with van der Waals surface area (Å²) < 4.78 is 0. The van der Waals surface area contributed by atoms with Crippen LogP contribution in [0.3, 0.4) is 0 Å². The number of rotatable bonds is 2. The first-order chi connectivity index (χ1) is 7.84. The number of benzene rings is 1. The molecule has 1 aliphatic heterocycles. The van der Waals surface area contributed by atoms with E-state index in [0.717, 1.165) is 6.54 Å². The van der Waals surface area contributed by atoms with Crippen LogP contribution in [0.25, 0.3) is 0 Å². The maximum atomic E-state index is 3.12. The Hall–Kier alpha value is 0.243. The average Bonchev–Trinajstić information content (AvgIpc) is 2.36. The van der Waals surface area contributed by atoms with Crippen LogP contribution in [-0.4, -0.2) is 43.0 Å². The van der Waals surface area contributed by atoms with Crippen LogP contribution in [0.2, 0.25) is 0 Å². The molecule has 1 fully saturated rings. The molecule has 2 rings (SSSR count). The minimum atomic E-state index is 1.07. The molecule has 1 aromatic carbocycles. The maximum absolute atomic E-state index is 3.12. The molecule has 0 N–H and O–H groups in total. The molecular formula is C12H17BrN2Zn. The van der Waals surface area contributed by atoms with Crippen LogP contribution in [0, 0.1) is 6.07 Å². The average molecular weight is 335 g/mol. The number of halogens is 1. The Morgan fingerprint density at radius 1 is 1.31 bits per heavy atom. The Bertz CT molecular complexity index is 274. The quantitative estimate of drug-likeness (QED) is 0.603. The van der Waals surface area contributed by atoms with Crippen LogP contribution < -0.4 is 0 Å². The van der Waals surface area contributed by atoms with E-state index >= 15 is 0 Å². The molecule has 0 unspecified atom stereocenters. The van der Waals surface area contributed by atoms with Crippen LogP contribution >= 0.6 is 13.6 Å². The van der Waals surface area contributed by atoms with Gasteiger partial charge in [0.25, 0.3) is 0 Å². The number of hydrogen-bond acceptors (Lipinski definition) is 2. The topological polar surface area (TPSA) is 6.48 Å². The van der Waals surface area contributed by atoms with E-state index in [-0.39, 0.29) is 0 Å². The summed E-state index contributed by atoms with van der Waals surface area (Å²) in [4.78, 5) is 4.89. The second kappa shape index (κ2) is 8.35. The van der Waals surface area contributed by atoms with E-state index in [9.17, 15) is 0 Å². The molecule has 0 radical (unpaired) electrons. The first-order valence-electron chi connectivity index (χ1n) is 5.47. The van der Waals surface area contributed by atoms with Gasteiger partial charge in [0.2, 0.25) is 0 Å². The summed E-state index contributed by atoms with van der Waals surface area (Å²) in [5, 5.41) is 0. The first-order valence-corrected chi connectivity index (χ1v) is 12.4. The van der Waals surface area contributed by atoms with Gasteiger partial charge in [-0.3, -0.25) is 0 Å². The normalized spacial score (nSPS) is 17.8. The molecule has 0 atom stereocenters. The molecular weight excluding hydrogens is 317 g/mol. The van der Waals surface area contributed by atoms with E-state index < -0.39 is 0 Å². The summed E-state index contributed by atoms with van der Waals surface area (Å²) >= 11 is 4.25. The Morgan fingerprint density at radius 2 is 2.00 bits per heavy atom. The van der Waals surface area contributed by atoms with Crippen molar-refractivity contribution in [2.75, 3.05) is 33.2 Å². The molecule has 2 nitrogen and oxygen atoms in total. The first kappa shape index (κ1) is 14.3. The number of hydrogen-bond donors (Lipinski definition) is 0. The summed E-state index contributed by atoms with van der Waals surface area (Å²) in [6.07, 6.45) is 0. The van der Waals surface area contributed by atoms with E-state index in [2.05, 4.69) is 54.7 Å². The van der Waals surface area contributed by atoms with Crippen LogP contribution in [0.4, 0.5) is 0 Å². The van der Waals surface area contributed by atoms with Gasteiger partial charge in [-0.2, -0.15) is 30.3 Å². The van der Waals surface area contributed by atoms with E-state index in [1.807, 2.05) is 6.07 Å². The molecule has 1 heterocycles. The Balaban J connectivity index is 0.000000606.